The standard InChI is InChI=1S/C31H19Cl3F6N4O3S/c32-19-3-2-15(42-29(47)25-24(30(25,33)34)14-1-4-20(35)18(11-14)31(38,39)40)12-17(19)28(46)43-22-6-5-21(36)27(26(22)37)44-23(45)13-48-16-7-9-41-10-8-16/h1-12,24-25H,13H2,(H,42,47)(H,43,46)(H,44,45)/t24-,25+/m0/s1. The summed E-state index contributed by atoms with van der Waals surface area (Å²) in [6, 6.07) is 10.9. The fourth-order valence-corrected chi connectivity index (χ4v) is 6.45. The van der Waals surface area contributed by atoms with Crippen LogP contribution in [0.2, 0.25) is 5.02 Å². The molecule has 1 fully saturated rings. The molecule has 0 bridgehead atoms. The third-order valence-corrected chi connectivity index (χ3v) is 9.37. The number of anilines is 3. The molecule has 1 aliphatic carbocycles. The van der Waals surface area contributed by atoms with Crippen molar-refractivity contribution < 1.29 is 40.7 Å². The lowest BCUT2D eigenvalue weighted by atomic mass is 10.0. The predicted molar refractivity (Wildman–Crippen MR) is 170 cm³/mol. The van der Waals surface area contributed by atoms with Crippen LogP contribution in [-0.4, -0.2) is 32.8 Å². The van der Waals surface area contributed by atoms with Gasteiger partial charge in [0.15, 0.2) is 5.82 Å². The van der Waals surface area contributed by atoms with Crippen molar-refractivity contribution in [2.75, 3.05) is 21.7 Å². The maximum atomic E-state index is 15.3. The average Bonchev–Trinajstić information content (AvgIpc) is 3.62. The predicted octanol–water partition coefficient (Wildman–Crippen LogP) is 8.68. The van der Waals surface area contributed by atoms with Gasteiger partial charge in [-0.2, -0.15) is 13.2 Å². The van der Waals surface area contributed by atoms with Crippen molar-refractivity contribution in [2.45, 2.75) is 21.3 Å². The highest BCUT2D eigenvalue weighted by atomic mass is 35.5. The van der Waals surface area contributed by atoms with Gasteiger partial charge in [-0.3, -0.25) is 19.4 Å². The Bertz CT molecular complexity index is 1920. The molecular formula is C31H19Cl3F6N4O3S. The molecule has 3 N–H and O–H groups in total. The number of pyridine rings is 1. The molecule has 5 rings (SSSR count). The van der Waals surface area contributed by atoms with Crippen molar-refractivity contribution in [1.82, 2.24) is 4.98 Å². The van der Waals surface area contributed by atoms with Gasteiger partial charge in [-0.1, -0.05) is 17.7 Å². The quantitative estimate of drug-likeness (QED) is 0.0905. The number of hydrogen-bond acceptors (Lipinski definition) is 5. The van der Waals surface area contributed by atoms with Crippen LogP contribution in [0.4, 0.5) is 43.4 Å². The summed E-state index contributed by atoms with van der Waals surface area (Å²) in [7, 11) is 0. The lowest BCUT2D eigenvalue weighted by molar-refractivity contribution is -0.140. The largest absolute Gasteiger partial charge is 0.419 e. The molecule has 2 atom stereocenters. The van der Waals surface area contributed by atoms with Gasteiger partial charge in [-0.05, 0) is 60.2 Å². The van der Waals surface area contributed by atoms with Crippen LogP contribution in [0.5, 0.6) is 0 Å². The van der Waals surface area contributed by atoms with E-state index in [1.165, 1.54) is 24.5 Å². The van der Waals surface area contributed by atoms with Gasteiger partial charge in [0.2, 0.25) is 11.8 Å². The number of carbonyl (C=O) groups excluding carboxylic acids is 3. The zero-order valence-corrected chi connectivity index (χ0v) is 26.9. The van der Waals surface area contributed by atoms with E-state index in [-0.39, 0.29) is 27.6 Å². The van der Waals surface area contributed by atoms with Gasteiger partial charge >= 0.3 is 6.18 Å². The number of benzene rings is 3. The Morgan fingerprint density at radius 3 is 2.25 bits per heavy atom. The highest BCUT2D eigenvalue weighted by Crippen LogP contribution is 2.65. The van der Waals surface area contributed by atoms with Crippen molar-refractivity contribution >= 4 is 81.3 Å². The number of nitrogens with one attached hydrogen (secondary N) is 3. The van der Waals surface area contributed by atoms with Gasteiger partial charge in [-0.15, -0.1) is 35.0 Å². The topological polar surface area (TPSA) is 100 Å². The molecule has 1 aromatic heterocycles. The molecular weight excluding hydrogens is 729 g/mol. The molecule has 17 heteroatoms. The number of rotatable bonds is 9. The van der Waals surface area contributed by atoms with Crippen molar-refractivity contribution in [3.8, 4) is 0 Å². The second kappa shape index (κ2) is 13.9. The first-order valence-corrected chi connectivity index (χ1v) is 15.7. The van der Waals surface area contributed by atoms with E-state index in [4.69, 9.17) is 34.8 Å². The van der Waals surface area contributed by atoms with Crippen LogP contribution < -0.4 is 16.0 Å². The Kier molecular flexibility index (Phi) is 10.2. The number of thioether (sulfide) groups is 1. The Balaban J connectivity index is 1.28. The van der Waals surface area contributed by atoms with Crippen LogP contribution in [0.15, 0.2) is 78.0 Å². The summed E-state index contributed by atoms with van der Waals surface area (Å²) in [4.78, 5) is 43.1. The van der Waals surface area contributed by atoms with Crippen molar-refractivity contribution in [1.29, 1.82) is 0 Å². The molecule has 0 unspecified atom stereocenters. The van der Waals surface area contributed by atoms with Gasteiger partial charge in [0.1, 0.15) is 21.7 Å². The molecule has 0 aliphatic heterocycles. The van der Waals surface area contributed by atoms with Gasteiger partial charge < -0.3 is 16.0 Å². The third-order valence-electron chi connectivity index (χ3n) is 7.09. The lowest BCUT2D eigenvalue weighted by Crippen LogP contribution is -2.19. The van der Waals surface area contributed by atoms with E-state index in [9.17, 15) is 36.3 Å². The second-order valence-electron chi connectivity index (χ2n) is 10.3. The number of amides is 3. The number of carbonyl (C=O) groups is 3. The zero-order valence-electron chi connectivity index (χ0n) is 23.8. The van der Waals surface area contributed by atoms with Crippen molar-refractivity contribution in [2.24, 2.45) is 5.92 Å². The molecule has 48 heavy (non-hydrogen) atoms. The molecule has 250 valence electrons. The van der Waals surface area contributed by atoms with E-state index in [1.54, 1.807) is 12.1 Å². The Hall–Kier alpha value is -3.98. The third kappa shape index (κ3) is 7.67. The van der Waals surface area contributed by atoms with E-state index in [0.717, 1.165) is 36.0 Å². The highest BCUT2D eigenvalue weighted by Gasteiger charge is 2.67. The van der Waals surface area contributed by atoms with Gasteiger partial charge in [0.25, 0.3) is 5.91 Å². The van der Waals surface area contributed by atoms with Crippen molar-refractivity contribution in [3.05, 3.63) is 112 Å². The monoisotopic (exact) mass is 746 g/mol. The van der Waals surface area contributed by atoms with Gasteiger partial charge in [0.05, 0.1) is 33.5 Å². The number of nitrogens with zero attached hydrogens (tertiary/aromatic N) is 1. The van der Waals surface area contributed by atoms with Crippen LogP contribution in [0, 0.1) is 23.4 Å². The Labute approximate surface area is 287 Å². The van der Waals surface area contributed by atoms with Crippen LogP contribution in [-0.2, 0) is 15.8 Å². The first-order chi connectivity index (χ1) is 22.6. The number of halogens is 9. The van der Waals surface area contributed by atoms with Crippen LogP contribution in [0.25, 0.3) is 0 Å². The lowest BCUT2D eigenvalue weighted by Gasteiger charge is -2.13. The fraction of sp³-hybridized carbons (Fsp3) is 0.161. The summed E-state index contributed by atoms with van der Waals surface area (Å²) in [6.45, 7) is 0. The smallest absolute Gasteiger partial charge is 0.326 e. The summed E-state index contributed by atoms with van der Waals surface area (Å²) in [6.07, 6.45) is -1.97. The van der Waals surface area contributed by atoms with E-state index in [0.29, 0.717) is 17.0 Å². The summed E-state index contributed by atoms with van der Waals surface area (Å²) in [5, 5.41) is 6.71. The van der Waals surface area contributed by atoms with E-state index in [1.807, 2.05) is 0 Å². The molecule has 7 nitrogen and oxygen atoms in total. The molecule has 0 spiro atoms. The molecule has 1 aliphatic rings. The minimum atomic E-state index is -5.00. The SMILES string of the molecule is O=C(CSc1ccncc1)Nc1c(F)ccc(NC(=O)c2cc(NC(=O)[C@H]3[C@H](c4ccc(F)c(C(F)(F)F)c4)C3(Cl)Cl)ccc2Cl)c1F. The minimum Gasteiger partial charge on any atom is -0.326 e. The molecule has 4 aromatic rings. The van der Waals surface area contributed by atoms with Gasteiger partial charge in [0, 0.05) is 28.9 Å². The van der Waals surface area contributed by atoms with E-state index >= 15 is 4.39 Å². The normalized spacial score (nSPS) is 16.6. The van der Waals surface area contributed by atoms with Crippen molar-refractivity contribution in [3.63, 3.8) is 0 Å². The summed E-state index contributed by atoms with van der Waals surface area (Å²) in [5.41, 5.74) is -3.24. The molecule has 1 saturated carbocycles. The highest BCUT2D eigenvalue weighted by molar-refractivity contribution is 8.00. The number of aromatic nitrogens is 1. The van der Waals surface area contributed by atoms with Crippen LogP contribution in [0.3, 0.4) is 0 Å². The van der Waals surface area contributed by atoms with E-state index in [2.05, 4.69) is 20.9 Å². The second-order valence-corrected chi connectivity index (χ2v) is 13.2. The van der Waals surface area contributed by atoms with Gasteiger partial charge in [-0.25, -0.2) is 13.2 Å². The first-order valence-electron chi connectivity index (χ1n) is 13.5. The fourth-order valence-electron chi connectivity index (χ4n) is 4.73. The maximum absolute atomic E-state index is 15.3. The first kappa shape index (κ1) is 35.3. The Morgan fingerprint density at radius 1 is 0.875 bits per heavy atom. The maximum Gasteiger partial charge on any atom is 0.419 e. The van der Waals surface area contributed by atoms with E-state index < -0.39 is 74.5 Å². The Morgan fingerprint density at radius 2 is 1.56 bits per heavy atom. The van der Waals surface area contributed by atoms with Crippen LogP contribution >= 0.6 is 46.6 Å². The summed E-state index contributed by atoms with van der Waals surface area (Å²) < 4.78 is 81.4. The molecule has 3 amide bonds. The minimum absolute atomic E-state index is 0.0151. The molecule has 0 radical (unpaired) electrons. The summed E-state index contributed by atoms with van der Waals surface area (Å²) >= 11 is 19.8. The average molecular weight is 748 g/mol. The number of hydrogen-bond donors (Lipinski definition) is 3. The number of alkyl halides is 5. The molecule has 0 saturated heterocycles. The zero-order chi connectivity index (χ0) is 35.0. The van der Waals surface area contributed by atoms with Crippen LogP contribution in [0.1, 0.15) is 27.4 Å². The summed E-state index contributed by atoms with van der Waals surface area (Å²) in [5.74, 6) is -8.97. The molecule has 1 heterocycles. The molecule has 3 aromatic carbocycles.